The number of nitrogens with zero attached hydrogens (tertiary/aromatic N) is 1. The lowest BCUT2D eigenvalue weighted by atomic mass is 10.2. The summed E-state index contributed by atoms with van der Waals surface area (Å²) >= 11 is 1.52. The van der Waals surface area contributed by atoms with Gasteiger partial charge in [-0.15, -0.1) is 0 Å². The van der Waals surface area contributed by atoms with Gasteiger partial charge in [-0.3, -0.25) is 4.79 Å². The molecule has 8 heteroatoms. The Balaban J connectivity index is 2.54. The highest BCUT2D eigenvalue weighted by Crippen LogP contribution is 2.03. The molecule has 0 bridgehead atoms. The number of amides is 3. The molecule has 1 aliphatic rings. The summed E-state index contributed by atoms with van der Waals surface area (Å²) in [6, 6.07) is -1.41. The van der Waals surface area contributed by atoms with E-state index in [1.807, 2.05) is 6.26 Å². The molecule has 7 nitrogen and oxygen atoms in total. The molecule has 1 aliphatic heterocycles. The summed E-state index contributed by atoms with van der Waals surface area (Å²) in [5.41, 5.74) is 0. The number of carbonyl (C=O) groups is 3. The number of hydrogen-bond acceptors (Lipinski definition) is 4. The van der Waals surface area contributed by atoms with E-state index >= 15 is 0 Å². The molecule has 0 aromatic rings. The molecule has 1 saturated heterocycles. The van der Waals surface area contributed by atoms with Crippen molar-refractivity contribution in [2.24, 2.45) is 0 Å². The van der Waals surface area contributed by atoms with Crippen LogP contribution in [0.15, 0.2) is 0 Å². The van der Waals surface area contributed by atoms with Crippen LogP contribution in [0.3, 0.4) is 0 Å². The Morgan fingerprint density at radius 1 is 1.58 bits per heavy atom. The highest BCUT2D eigenvalue weighted by atomic mass is 32.2. The number of carboxylic acids is 1. The second-order valence-corrected chi connectivity index (χ2v) is 5.23. The molecule has 0 spiro atoms. The lowest BCUT2D eigenvalue weighted by Gasteiger charge is -2.22. The van der Waals surface area contributed by atoms with E-state index in [1.54, 1.807) is 0 Å². The zero-order valence-electron chi connectivity index (χ0n) is 10.8. The fourth-order valence-corrected chi connectivity index (χ4v) is 2.18. The summed E-state index contributed by atoms with van der Waals surface area (Å²) in [7, 11) is 0. The molecular formula is C11H19N3O4S. The van der Waals surface area contributed by atoms with Gasteiger partial charge >= 0.3 is 12.0 Å². The van der Waals surface area contributed by atoms with Gasteiger partial charge in [0.05, 0.1) is 0 Å². The Labute approximate surface area is 116 Å². The lowest BCUT2D eigenvalue weighted by molar-refractivity contribution is -0.139. The first kappa shape index (κ1) is 15.6. The summed E-state index contributed by atoms with van der Waals surface area (Å²) in [5, 5.41) is 14.2. The van der Waals surface area contributed by atoms with Crippen molar-refractivity contribution in [3.8, 4) is 0 Å². The van der Waals surface area contributed by atoms with Crippen molar-refractivity contribution >= 4 is 29.7 Å². The minimum atomic E-state index is -1.05. The number of aliphatic carboxylic acids is 1. The summed E-state index contributed by atoms with van der Waals surface area (Å²) in [6.07, 6.45) is 2.91. The van der Waals surface area contributed by atoms with Crippen LogP contribution >= 0.6 is 11.8 Å². The molecule has 3 N–H and O–H groups in total. The predicted octanol–water partition coefficient (Wildman–Crippen LogP) is -0.276. The fourth-order valence-electron chi connectivity index (χ4n) is 1.71. The quantitative estimate of drug-likeness (QED) is 0.647. The van der Waals surface area contributed by atoms with Crippen molar-refractivity contribution in [1.82, 2.24) is 15.5 Å². The summed E-state index contributed by atoms with van der Waals surface area (Å²) in [6.45, 7) is 0.956. The first-order valence-electron chi connectivity index (χ1n) is 6.08. The van der Waals surface area contributed by atoms with Gasteiger partial charge in [0.15, 0.2) is 0 Å². The number of rotatable bonds is 5. The Kier molecular flexibility index (Phi) is 6.48. The van der Waals surface area contributed by atoms with Crippen LogP contribution in [0.5, 0.6) is 0 Å². The summed E-state index contributed by atoms with van der Waals surface area (Å²) < 4.78 is 0. The van der Waals surface area contributed by atoms with Crippen molar-refractivity contribution in [3.05, 3.63) is 0 Å². The van der Waals surface area contributed by atoms with E-state index in [2.05, 4.69) is 10.6 Å². The molecule has 3 amide bonds. The second-order valence-electron chi connectivity index (χ2n) is 4.25. The molecule has 0 radical (unpaired) electrons. The SMILES string of the molecule is CSCC[C@H](NC(=O)N1CCCNC(=O)C1)C(=O)O. The van der Waals surface area contributed by atoms with Crippen molar-refractivity contribution in [2.45, 2.75) is 18.9 Å². The Morgan fingerprint density at radius 3 is 2.95 bits per heavy atom. The zero-order chi connectivity index (χ0) is 14.3. The molecule has 1 atom stereocenters. The first-order chi connectivity index (χ1) is 9.04. The molecule has 0 aliphatic carbocycles. The maximum Gasteiger partial charge on any atom is 0.326 e. The van der Waals surface area contributed by atoms with E-state index in [0.29, 0.717) is 31.7 Å². The van der Waals surface area contributed by atoms with E-state index in [9.17, 15) is 14.4 Å². The Bertz CT molecular complexity index is 351. The molecule has 1 rings (SSSR count). The van der Waals surface area contributed by atoms with Crippen LogP contribution in [0, 0.1) is 0 Å². The number of urea groups is 1. The highest BCUT2D eigenvalue weighted by Gasteiger charge is 2.25. The smallest absolute Gasteiger partial charge is 0.326 e. The number of nitrogens with one attached hydrogen (secondary N) is 2. The minimum absolute atomic E-state index is 0.0271. The minimum Gasteiger partial charge on any atom is -0.480 e. The van der Waals surface area contributed by atoms with Crippen molar-refractivity contribution < 1.29 is 19.5 Å². The van der Waals surface area contributed by atoms with E-state index in [4.69, 9.17) is 5.11 Å². The van der Waals surface area contributed by atoms with E-state index in [-0.39, 0.29) is 12.5 Å². The first-order valence-corrected chi connectivity index (χ1v) is 7.48. The van der Waals surface area contributed by atoms with Gasteiger partial charge in [-0.2, -0.15) is 11.8 Å². The Hall–Kier alpha value is -1.44. The van der Waals surface area contributed by atoms with Crippen LogP contribution in [-0.2, 0) is 9.59 Å². The molecule has 108 valence electrons. The van der Waals surface area contributed by atoms with E-state index < -0.39 is 18.0 Å². The highest BCUT2D eigenvalue weighted by molar-refractivity contribution is 7.98. The number of carbonyl (C=O) groups excluding carboxylic acids is 2. The number of carboxylic acid groups (broad SMARTS) is 1. The lowest BCUT2D eigenvalue weighted by Crippen LogP contribution is -2.49. The largest absolute Gasteiger partial charge is 0.480 e. The third-order valence-corrected chi connectivity index (χ3v) is 3.40. The average molecular weight is 289 g/mol. The summed E-state index contributed by atoms with van der Waals surface area (Å²) in [5.74, 6) is -0.622. The summed E-state index contributed by atoms with van der Waals surface area (Å²) in [4.78, 5) is 35.7. The van der Waals surface area contributed by atoms with Gasteiger partial charge < -0.3 is 20.6 Å². The monoisotopic (exact) mass is 289 g/mol. The maximum atomic E-state index is 11.9. The molecular weight excluding hydrogens is 270 g/mol. The van der Waals surface area contributed by atoms with Crippen molar-refractivity contribution in [2.75, 3.05) is 31.6 Å². The molecule has 0 aromatic heterocycles. The van der Waals surface area contributed by atoms with Gasteiger partial charge in [-0.05, 0) is 24.9 Å². The molecule has 1 fully saturated rings. The third kappa shape index (κ3) is 5.37. The van der Waals surface area contributed by atoms with Gasteiger partial charge in [0.25, 0.3) is 0 Å². The average Bonchev–Trinajstić information content (AvgIpc) is 2.58. The van der Waals surface area contributed by atoms with E-state index in [1.165, 1.54) is 16.7 Å². The molecule has 0 unspecified atom stereocenters. The van der Waals surface area contributed by atoms with E-state index in [0.717, 1.165) is 0 Å². The van der Waals surface area contributed by atoms with Crippen LogP contribution in [-0.4, -0.2) is 65.6 Å². The van der Waals surface area contributed by atoms with Crippen LogP contribution in [0.4, 0.5) is 4.79 Å². The third-order valence-electron chi connectivity index (χ3n) is 2.76. The molecule has 0 aromatic carbocycles. The van der Waals surface area contributed by atoms with Gasteiger partial charge in [-0.25, -0.2) is 9.59 Å². The Morgan fingerprint density at radius 2 is 2.32 bits per heavy atom. The zero-order valence-corrected chi connectivity index (χ0v) is 11.7. The van der Waals surface area contributed by atoms with Gasteiger partial charge in [-0.1, -0.05) is 0 Å². The van der Waals surface area contributed by atoms with Crippen LogP contribution in [0.25, 0.3) is 0 Å². The van der Waals surface area contributed by atoms with Crippen LogP contribution in [0.1, 0.15) is 12.8 Å². The topological polar surface area (TPSA) is 98.7 Å². The predicted molar refractivity (Wildman–Crippen MR) is 72.2 cm³/mol. The number of thioether (sulfide) groups is 1. The molecule has 19 heavy (non-hydrogen) atoms. The van der Waals surface area contributed by atoms with Crippen LogP contribution < -0.4 is 10.6 Å². The number of hydrogen-bond donors (Lipinski definition) is 3. The fraction of sp³-hybridized carbons (Fsp3) is 0.727. The van der Waals surface area contributed by atoms with Gasteiger partial charge in [0, 0.05) is 13.1 Å². The standard InChI is InChI=1S/C11H19N3O4S/c1-19-6-3-8(10(16)17)13-11(18)14-5-2-4-12-9(15)7-14/h8H,2-7H2,1H3,(H,12,15)(H,13,18)(H,16,17)/t8-/m0/s1. The van der Waals surface area contributed by atoms with Crippen molar-refractivity contribution in [3.63, 3.8) is 0 Å². The maximum absolute atomic E-state index is 11.9. The molecule has 0 saturated carbocycles. The second kappa shape index (κ2) is 7.88. The van der Waals surface area contributed by atoms with Gasteiger partial charge in [0.2, 0.25) is 5.91 Å². The molecule has 1 heterocycles. The van der Waals surface area contributed by atoms with Crippen molar-refractivity contribution in [1.29, 1.82) is 0 Å². The van der Waals surface area contributed by atoms with Gasteiger partial charge in [0.1, 0.15) is 12.6 Å². The van der Waals surface area contributed by atoms with Crippen LogP contribution in [0.2, 0.25) is 0 Å². The normalized spacial score (nSPS) is 17.3.